The molecule has 0 bridgehead atoms. The van der Waals surface area contributed by atoms with Gasteiger partial charge in [0.05, 0.1) is 23.5 Å². The molecular formula is C25H30N6O4S. The van der Waals surface area contributed by atoms with Gasteiger partial charge in [-0.3, -0.25) is 9.59 Å². The smallest absolute Gasteiger partial charge is 0.255 e. The van der Waals surface area contributed by atoms with Crippen LogP contribution in [-0.2, 0) is 9.59 Å². The number of piperidine rings is 1. The minimum absolute atomic E-state index is 0.0175. The lowest BCUT2D eigenvalue weighted by molar-refractivity contribution is -0.155. The highest BCUT2D eigenvalue weighted by atomic mass is 32.1. The van der Waals surface area contributed by atoms with Crippen LogP contribution < -0.4 is 10.6 Å². The average molecular weight is 511 g/mol. The summed E-state index contributed by atoms with van der Waals surface area (Å²) in [6, 6.07) is 8.61. The van der Waals surface area contributed by atoms with Crippen LogP contribution in [0.4, 0.5) is 5.13 Å². The molecule has 1 aliphatic heterocycles. The molecule has 36 heavy (non-hydrogen) atoms. The molecule has 2 aromatic heterocycles. The molecule has 2 fully saturated rings. The molecule has 10 nitrogen and oxygen atoms in total. The van der Waals surface area contributed by atoms with Gasteiger partial charge in [-0.05, 0) is 56.4 Å². The van der Waals surface area contributed by atoms with Crippen molar-refractivity contribution in [2.24, 2.45) is 5.92 Å². The molecule has 190 valence electrons. The molecule has 1 aliphatic carbocycles. The largest absolute Gasteiger partial charge is 0.380 e. The quantitative estimate of drug-likeness (QED) is 0.346. The molecule has 4 N–H and O–H groups in total. The summed E-state index contributed by atoms with van der Waals surface area (Å²) in [5, 5.41) is 34.0. The second-order valence-corrected chi connectivity index (χ2v) is 10.2. The number of rotatable bonds is 9. The zero-order valence-corrected chi connectivity index (χ0v) is 20.9. The molecule has 0 radical (unpaired) electrons. The van der Waals surface area contributed by atoms with Gasteiger partial charge < -0.3 is 25.7 Å². The maximum Gasteiger partial charge on any atom is 0.255 e. The standard InChI is InChI=1S/C25H30N6O4S/c1-3-26-25-29-18(13-36-25)20-12-16-11-19(16)31(20)24(35)22(33)21(32)23(34)28-14(2)15-5-7-17(8-6-15)30-10-4-9-27-30/h4-10,13-14,16,19-22,32-33H,3,11-12H2,1-2H3,(H,26,29)(H,28,34)/t14-,16-,19-,20-,21-,22-/m1/s1. The van der Waals surface area contributed by atoms with Gasteiger partial charge in [0.1, 0.15) is 0 Å². The predicted octanol–water partition coefficient (Wildman–Crippen LogP) is 2.02. The summed E-state index contributed by atoms with van der Waals surface area (Å²) in [6.45, 7) is 4.51. The number of carbonyl (C=O) groups is 2. The van der Waals surface area contributed by atoms with Gasteiger partial charge in [-0.15, -0.1) is 11.3 Å². The number of hydrogen-bond acceptors (Lipinski definition) is 8. The van der Waals surface area contributed by atoms with E-state index < -0.39 is 30.1 Å². The van der Waals surface area contributed by atoms with Crippen LogP contribution in [-0.4, -0.2) is 66.5 Å². The van der Waals surface area contributed by atoms with Crippen molar-refractivity contribution in [1.82, 2.24) is 25.0 Å². The Morgan fingerprint density at radius 3 is 2.67 bits per heavy atom. The first kappa shape index (κ1) is 24.4. The zero-order chi connectivity index (χ0) is 25.4. The molecule has 1 saturated heterocycles. The zero-order valence-electron chi connectivity index (χ0n) is 20.1. The Bertz CT molecular complexity index is 1210. The number of amides is 2. The van der Waals surface area contributed by atoms with Gasteiger partial charge in [0, 0.05) is 30.4 Å². The number of hydrogen-bond donors (Lipinski definition) is 4. The van der Waals surface area contributed by atoms with Crippen molar-refractivity contribution in [3.8, 4) is 5.69 Å². The highest BCUT2D eigenvalue weighted by Crippen LogP contribution is 2.53. The van der Waals surface area contributed by atoms with E-state index >= 15 is 0 Å². The minimum atomic E-state index is -1.88. The van der Waals surface area contributed by atoms with E-state index in [9.17, 15) is 19.8 Å². The third-order valence-corrected chi connectivity index (χ3v) is 7.71. The van der Waals surface area contributed by atoms with Crippen LogP contribution in [0, 0.1) is 5.92 Å². The maximum absolute atomic E-state index is 13.2. The lowest BCUT2D eigenvalue weighted by Crippen LogP contribution is -2.51. The van der Waals surface area contributed by atoms with Crippen molar-refractivity contribution in [3.05, 3.63) is 59.4 Å². The van der Waals surface area contributed by atoms with E-state index in [2.05, 4.69) is 20.7 Å². The fraction of sp³-hybridized carbons (Fsp3) is 0.440. The lowest BCUT2D eigenvalue weighted by atomic mass is 10.1. The Kier molecular flexibility index (Phi) is 6.78. The van der Waals surface area contributed by atoms with Crippen LogP contribution in [0.15, 0.2) is 48.1 Å². The van der Waals surface area contributed by atoms with Crippen molar-refractivity contribution in [1.29, 1.82) is 0 Å². The lowest BCUT2D eigenvalue weighted by Gasteiger charge is -2.30. The number of aromatic nitrogens is 3. The molecule has 6 atom stereocenters. The molecule has 1 aromatic carbocycles. The molecular weight excluding hydrogens is 480 g/mol. The third kappa shape index (κ3) is 4.73. The first-order chi connectivity index (χ1) is 17.4. The van der Waals surface area contributed by atoms with E-state index in [4.69, 9.17) is 0 Å². The van der Waals surface area contributed by atoms with E-state index in [0.29, 0.717) is 5.92 Å². The Hall–Kier alpha value is -3.28. The number of fused-ring (bicyclic) bond motifs is 1. The van der Waals surface area contributed by atoms with E-state index in [0.717, 1.165) is 41.5 Å². The van der Waals surface area contributed by atoms with E-state index in [1.165, 1.54) is 11.3 Å². The summed E-state index contributed by atoms with van der Waals surface area (Å²) >= 11 is 1.47. The van der Waals surface area contributed by atoms with Crippen LogP contribution in [0.1, 0.15) is 50.0 Å². The summed E-state index contributed by atoms with van der Waals surface area (Å²) in [4.78, 5) is 32.2. The monoisotopic (exact) mass is 510 g/mol. The Balaban J connectivity index is 1.22. The van der Waals surface area contributed by atoms with Gasteiger partial charge in [0.15, 0.2) is 17.3 Å². The number of nitrogens with one attached hydrogen (secondary N) is 2. The number of anilines is 1. The first-order valence-electron chi connectivity index (χ1n) is 12.1. The van der Waals surface area contributed by atoms with Gasteiger partial charge in [0.25, 0.3) is 11.8 Å². The van der Waals surface area contributed by atoms with Crippen molar-refractivity contribution in [2.75, 3.05) is 11.9 Å². The maximum atomic E-state index is 13.2. The van der Waals surface area contributed by atoms with Crippen molar-refractivity contribution >= 4 is 28.3 Å². The molecule has 2 aliphatic rings. The molecule has 5 rings (SSSR count). The van der Waals surface area contributed by atoms with Crippen molar-refractivity contribution in [2.45, 2.75) is 57.0 Å². The Labute approximate surface area is 213 Å². The third-order valence-electron chi connectivity index (χ3n) is 6.89. The van der Waals surface area contributed by atoms with Crippen molar-refractivity contribution in [3.63, 3.8) is 0 Å². The molecule has 11 heteroatoms. The predicted molar refractivity (Wildman–Crippen MR) is 135 cm³/mol. The molecule has 3 heterocycles. The number of thiazole rings is 1. The number of aliphatic hydroxyl groups is 2. The second kappa shape index (κ2) is 10.00. The number of nitrogens with zero attached hydrogens (tertiary/aromatic N) is 4. The van der Waals surface area contributed by atoms with E-state index in [1.54, 1.807) is 22.7 Å². The van der Waals surface area contributed by atoms with Gasteiger partial charge in [-0.2, -0.15) is 5.10 Å². The Morgan fingerprint density at radius 2 is 1.97 bits per heavy atom. The molecule has 2 amide bonds. The highest BCUT2D eigenvalue weighted by molar-refractivity contribution is 7.13. The number of benzene rings is 1. The SMILES string of the molecule is CCNc1nc([C@H]2C[C@H]3C[C@H]3N2C(=O)[C@H](O)[C@@H](O)C(=O)N[C@H](C)c2ccc(-n3cccn3)cc2)cs1. The average Bonchev–Trinajstić information content (AvgIpc) is 3.29. The Morgan fingerprint density at radius 1 is 1.19 bits per heavy atom. The fourth-order valence-electron chi connectivity index (χ4n) is 4.86. The van der Waals surface area contributed by atoms with E-state index in [-0.39, 0.29) is 12.1 Å². The number of likely N-dealkylation sites (tertiary alicyclic amines) is 1. The van der Waals surface area contributed by atoms with Gasteiger partial charge in [-0.1, -0.05) is 12.1 Å². The normalized spacial score (nSPS) is 23.0. The van der Waals surface area contributed by atoms with Crippen molar-refractivity contribution < 1.29 is 19.8 Å². The fourth-order valence-corrected chi connectivity index (χ4v) is 5.69. The summed E-state index contributed by atoms with van der Waals surface area (Å²) < 4.78 is 1.72. The van der Waals surface area contributed by atoms with Gasteiger partial charge >= 0.3 is 0 Å². The summed E-state index contributed by atoms with van der Waals surface area (Å²) in [7, 11) is 0. The summed E-state index contributed by atoms with van der Waals surface area (Å²) in [5.41, 5.74) is 2.46. The molecule has 3 aromatic rings. The van der Waals surface area contributed by atoms with Crippen LogP contribution >= 0.6 is 11.3 Å². The number of carbonyl (C=O) groups excluding carboxylic acids is 2. The number of aliphatic hydroxyl groups excluding tert-OH is 2. The van der Waals surface area contributed by atoms with Crippen LogP contribution in [0.3, 0.4) is 0 Å². The topological polar surface area (TPSA) is 133 Å². The summed E-state index contributed by atoms with van der Waals surface area (Å²) in [6.07, 6.45) is 1.43. The van der Waals surface area contributed by atoms with Crippen LogP contribution in [0.5, 0.6) is 0 Å². The molecule has 1 saturated carbocycles. The second-order valence-electron chi connectivity index (χ2n) is 9.33. The van der Waals surface area contributed by atoms with E-state index in [1.807, 2.05) is 48.8 Å². The highest BCUT2D eigenvalue weighted by Gasteiger charge is 2.56. The minimum Gasteiger partial charge on any atom is -0.380 e. The van der Waals surface area contributed by atoms with Crippen LogP contribution in [0.25, 0.3) is 5.69 Å². The summed E-state index contributed by atoms with van der Waals surface area (Å²) in [5.74, 6) is -1.07. The molecule has 0 spiro atoms. The van der Waals surface area contributed by atoms with Gasteiger partial charge in [0.2, 0.25) is 0 Å². The molecule has 0 unspecified atom stereocenters. The first-order valence-corrected chi connectivity index (χ1v) is 13.0. The van der Waals surface area contributed by atoms with Crippen LogP contribution in [0.2, 0.25) is 0 Å². The van der Waals surface area contributed by atoms with Gasteiger partial charge in [-0.25, -0.2) is 9.67 Å².